The number of benzene rings is 1. The molecule has 5 rings (SSSR count). The number of fused-ring (bicyclic) bond motifs is 2. The summed E-state index contributed by atoms with van der Waals surface area (Å²) in [4.78, 5) is 26.7. The smallest absolute Gasteiger partial charge is 0.230 e. The minimum atomic E-state index is -0.751. The van der Waals surface area contributed by atoms with Crippen LogP contribution >= 0.6 is 11.3 Å². The first kappa shape index (κ1) is 20.7. The Morgan fingerprint density at radius 1 is 1.28 bits per heavy atom. The molecule has 0 saturated heterocycles. The van der Waals surface area contributed by atoms with Crippen LogP contribution in [0, 0.1) is 5.41 Å². The van der Waals surface area contributed by atoms with Gasteiger partial charge >= 0.3 is 0 Å². The fourth-order valence-electron chi connectivity index (χ4n) is 3.99. The highest BCUT2D eigenvalue weighted by Gasteiger charge is 2.32. The number of nitrogens with zero attached hydrogens (tertiary/aromatic N) is 3. The van der Waals surface area contributed by atoms with Crippen LogP contribution in [0.15, 0.2) is 48.1 Å². The van der Waals surface area contributed by atoms with E-state index in [1.807, 2.05) is 28.6 Å². The summed E-state index contributed by atoms with van der Waals surface area (Å²) in [6, 6.07) is 10.3. The molecule has 0 spiro atoms. The van der Waals surface area contributed by atoms with Gasteiger partial charge in [0.2, 0.25) is 5.91 Å². The number of rotatable bonds is 5. The Bertz CT molecular complexity index is 1340. The predicted octanol–water partition coefficient (Wildman–Crippen LogP) is 4.55. The van der Waals surface area contributed by atoms with E-state index in [1.54, 1.807) is 31.4 Å². The van der Waals surface area contributed by atoms with Gasteiger partial charge in [-0.2, -0.15) is 0 Å². The molecule has 8 heteroatoms. The van der Waals surface area contributed by atoms with Gasteiger partial charge in [0.1, 0.15) is 5.65 Å². The van der Waals surface area contributed by atoms with E-state index in [2.05, 4.69) is 38.5 Å². The van der Waals surface area contributed by atoms with Crippen LogP contribution in [0.4, 0.5) is 11.4 Å². The number of aromatic nitrogens is 3. The van der Waals surface area contributed by atoms with Crippen LogP contribution < -0.4 is 5.32 Å². The van der Waals surface area contributed by atoms with Crippen LogP contribution in [0.1, 0.15) is 26.0 Å². The number of carbonyl (C=O) groups excluding carboxylic acids is 1. The average Bonchev–Trinajstić information content (AvgIpc) is 3.46. The number of anilines is 2. The molecule has 1 aliphatic rings. The number of amides is 1. The lowest BCUT2D eigenvalue weighted by molar-refractivity contribution is -0.141. The first-order valence-electron chi connectivity index (χ1n) is 10.6. The molecule has 4 aromatic rings. The van der Waals surface area contributed by atoms with Gasteiger partial charge in [0, 0.05) is 36.1 Å². The maximum absolute atomic E-state index is 12.6. The number of aliphatic hydroxyl groups excluding tert-OH is 1. The first-order chi connectivity index (χ1) is 15.4. The molecular formula is C24H25N5O2S. The molecule has 0 unspecified atom stereocenters. The molecule has 3 N–H and O–H groups in total. The van der Waals surface area contributed by atoms with Gasteiger partial charge in [0.05, 0.1) is 33.4 Å². The van der Waals surface area contributed by atoms with E-state index in [4.69, 9.17) is 0 Å². The second-order valence-corrected chi connectivity index (χ2v) is 9.62. The zero-order valence-corrected chi connectivity index (χ0v) is 18.9. The number of hydrogen-bond donors (Lipinski definition) is 3. The minimum absolute atomic E-state index is 0.0157. The Hall–Kier alpha value is -3.23. The summed E-state index contributed by atoms with van der Waals surface area (Å²) in [6.45, 7) is 4.58. The topological polar surface area (TPSA) is 94.1 Å². The Labute approximate surface area is 189 Å². The molecule has 3 aromatic heterocycles. The number of H-pyrrole nitrogens is 1. The fourth-order valence-corrected chi connectivity index (χ4v) is 4.71. The summed E-state index contributed by atoms with van der Waals surface area (Å²) in [6.07, 6.45) is 4.64. The Kier molecular flexibility index (Phi) is 5.19. The highest BCUT2D eigenvalue weighted by molar-refractivity contribution is 7.16. The van der Waals surface area contributed by atoms with Crippen molar-refractivity contribution in [2.24, 2.45) is 5.41 Å². The van der Waals surface area contributed by atoms with Gasteiger partial charge in [0.25, 0.3) is 0 Å². The largest absolute Gasteiger partial charge is 0.395 e. The molecule has 1 aromatic carbocycles. The molecule has 164 valence electrons. The maximum atomic E-state index is 12.6. The number of pyridine rings is 1. The van der Waals surface area contributed by atoms with E-state index in [9.17, 15) is 9.90 Å². The highest BCUT2D eigenvalue weighted by Crippen LogP contribution is 2.32. The number of thiazole rings is 1. The summed E-state index contributed by atoms with van der Waals surface area (Å²) in [5.74, 6) is -0.0157. The van der Waals surface area contributed by atoms with Gasteiger partial charge in [-0.15, -0.1) is 11.3 Å². The Morgan fingerprint density at radius 2 is 2.16 bits per heavy atom. The molecule has 7 nitrogen and oxygen atoms in total. The van der Waals surface area contributed by atoms with E-state index in [-0.39, 0.29) is 12.5 Å². The molecule has 0 fully saturated rings. The SMILES string of the molecule is CC(C)(CO)C(=O)N1CC=C(c2cc3c(Nc4ccc5ncsc5c4)ccnc3[nH]2)CC1. The van der Waals surface area contributed by atoms with Crippen LogP contribution in [-0.2, 0) is 4.79 Å². The van der Waals surface area contributed by atoms with Gasteiger partial charge in [-0.3, -0.25) is 4.79 Å². The molecule has 1 aliphatic heterocycles. The fraction of sp³-hybridized carbons (Fsp3) is 0.292. The van der Waals surface area contributed by atoms with Crippen LogP contribution in [0.2, 0.25) is 0 Å². The van der Waals surface area contributed by atoms with Crippen molar-refractivity contribution in [3.05, 3.63) is 53.8 Å². The van der Waals surface area contributed by atoms with Crippen molar-refractivity contribution in [2.75, 3.05) is 25.0 Å². The third-order valence-corrected chi connectivity index (χ3v) is 6.75. The van der Waals surface area contributed by atoms with Crippen LogP contribution in [0.5, 0.6) is 0 Å². The number of nitrogens with one attached hydrogen (secondary N) is 2. The van der Waals surface area contributed by atoms with Crippen LogP contribution in [0.25, 0.3) is 26.8 Å². The number of hydrogen-bond acceptors (Lipinski definition) is 6. The quantitative estimate of drug-likeness (QED) is 0.417. The molecule has 0 bridgehead atoms. The third-order valence-electron chi connectivity index (χ3n) is 5.96. The Balaban J connectivity index is 1.39. The van der Waals surface area contributed by atoms with Gasteiger partial charge in [0.15, 0.2) is 0 Å². The molecule has 0 atom stereocenters. The predicted molar refractivity (Wildman–Crippen MR) is 129 cm³/mol. The highest BCUT2D eigenvalue weighted by atomic mass is 32.1. The molecule has 0 radical (unpaired) electrons. The van der Waals surface area contributed by atoms with E-state index in [1.165, 1.54) is 5.57 Å². The Morgan fingerprint density at radius 3 is 2.94 bits per heavy atom. The lowest BCUT2D eigenvalue weighted by Crippen LogP contribution is -2.44. The molecule has 0 saturated carbocycles. The van der Waals surface area contributed by atoms with Gasteiger partial charge in [-0.05, 0) is 56.2 Å². The van der Waals surface area contributed by atoms with Gasteiger partial charge in [-0.25, -0.2) is 9.97 Å². The molecule has 1 amide bonds. The number of aromatic amines is 1. The van der Waals surface area contributed by atoms with Crippen molar-refractivity contribution in [3.63, 3.8) is 0 Å². The van der Waals surface area contributed by atoms with Gasteiger partial charge in [-0.1, -0.05) is 6.08 Å². The van der Waals surface area contributed by atoms with E-state index in [0.29, 0.717) is 13.1 Å². The number of aliphatic hydroxyl groups is 1. The lowest BCUT2D eigenvalue weighted by Gasteiger charge is -2.32. The zero-order chi connectivity index (χ0) is 22.3. The summed E-state index contributed by atoms with van der Waals surface area (Å²) < 4.78 is 1.14. The zero-order valence-electron chi connectivity index (χ0n) is 18.1. The molecule has 32 heavy (non-hydrogen) atoms. The van der Waals surface area contributed by atoms with Crippen molar-refractivity contribution in [1.82, 2.24) is 19.9 Å². The van der Waals surface area contributed by atoms with Gasteiger partial charge < -0.3 is 20.3 Å². The first-order valence-corrected chi connectivity index (χ1v) is 11.5. The minimum Gasteiger partial charge on any atom is -0.395 e. The van der Waals surface area contributed by atoms with Crippen LogP contribution in [0.3, 0.4) is 0 Å². The van der Waals surface area contributed by atoms with E-state index >= 15 is 0 Å². The second-order valence-electron chi connectivity index (χ2n) is 8.74. The van der Waals surface area contributed by atoms with Crippen molar-refractivity contribution < 1.29 is 9.90 Å². The average molecular weight is 448 g/mol. The molecule has 4 heterocycles. The summed E-state index contributed by atoms with van der Waals surface area (Å²) >= 11 is 1.62. The van der Waals surface area contributed by atoms with Crippen molar-refractivity contribution in [1.29, 1.82) is 0 Å². The van der Waals surface area contributed by atoms with E-state index < -0.39 is 5.41 Å². The van der Waals surface area contributed by atoms with Crippen molar-refractivity contribution >= 4 is 55.4 Å². The van der Waals surface area contributed by atoms with Crippen molar-refractivity contribution in [2.45, 2.75) is 20.3 Å². The molecule has 0 aliphatic carbocycles. The summed E-state index contributed by atoms with van der Waals surface area (Å²) in [7, 11) is 0. The van der Waals surface area contributed by atoms with Crippen molar-refractivity contribution in [3.8, 4) is 0 Å². The molecular weight excluding hydrogens is 422 g/mol. The normalized spacial score (nSPS) is 14.7. The summed E-state index contributed by atoms with van der Waals surface area (Å²) in [5, 5.41) is 14.0. The second kappa shape index (κ2) is 8.03. The number of carbonyl (C=O) groups is 1. The van der Waals surface area contributed by atoms with E-state index in [0.717, 1.165) is 44.7 Å². The standard InChI is InChI=1S/C24H25N5O2S/c1-24(2,13-30)23(31)29-9-6-15(7-10-29)20-12-17-18(5-8-25-22(17)28-20)27-16-3-4-19-21(11-16)32-14-26-19/h3-6,8,11-12,14,30H,7,9-10,13H2,1-2H3,(H2,25,27,28). The summed E-state index contributed by atoms with van der Waals surface area (Å²) in [5.41, 5.74) is 7.12. The monoisotopic (exact) mass is 447 g/mol. The maximum Gasteiger partial charge on any atom is 0.230 e. The lowest BCUT2D eigenvalue weighted by atomic mass is 9.91. The van der Waals surface area contributed by atoms with Crippen LogP contribution in [-0.4, -0.2) is 50.6 Å². The third kappa shape index (κ3) is 3.76.